The van der Waals surface area contributed by atoms with Gasteiger partial charge in [0.1, 0.15) is 11.2 Å². The number of carbonyl (C=O) groups is 1. The lowest BCUT2D eigenvalue weighted by Crippen LogP contribution is -2.45. The molecule has 1 saturated heterocycles. The molecule has 1 aromatic carbocycles. The summed E-state index contributed by atoms with van der Waals surface area (Å²) < 4.78 is 5.41. The molecule has 0 aromatic heterocycles. The number of nitriles is 1. The number of nitrogens with zero attached hydrogens (tertiary/aromatic N) is 2. The molecule has 1 aromatic rings. The molecule has 5 nitrogen and oxygen atoms in total. The average Bonchev–Trinajstić information content (AvgIpc) is 3.24. The summed E-state index contributed by atoms with van der Waals surface area (Å²) in [4.78, 5) is 14.7. The number of halogens is 1. The fourth-order valence-electron chi connectivity index (χ4n) is 3.70. The van der Waals surface area contributed by atoms with Crippen molar-refractivity contribution in [3.63, 3.8) is 0 Å². The van der Waals surface area contributed by atoms with Gasteiger partial charge in [-0.15, -0.1) is 0 Å². The van der Waals surface area contributed by atoms with E-state index in [4.69, 9.17) is 16.3 Å². The van der Waals surface area contributed by atoms with E-state index in [-0.39, 0.29) is 11.9 Å². The van der Waals surface area contributed by atoms with Crippen molar-refractivity contribution < 1.29 is 9.53 Å². The first-order valence-electron chi connectivity index (χ1n) is 8.39. The normalized spacial score (nSPS) is 22.2. The van der Waals surface area contributed by atoms with Crippen LogP contribution in [-0.2, 0) is 4.79 Å². The molecule has 1 aliphatic carbocycles. The van der Waals surface area contributed by atoms with E-state index in [2.05, 4.69) is 16.3 Å². The topological polar surface area (TPSA) is 65.4 Å². The van der Waals surface area contributed by atoms with Crippen molar-refractivity contribution in [2.24, 2.45) is 5.41 Å². The van der Waals surface area contributed by atoms with E-state index in [0.717, 1.165) is 37.2 Å². The standard InChI is InChI=1S/C18H22ClN3O2/c1-24-16-5-4-13(19)10-15(16)22-9-6-14(11-22)21-17(23)18(12-20)7-2-3-8-18/h4-5,10,14H,2-3,6-9,11H2,1H3,(H,21,23)/t14-/m0/s1. The van der Waals surface area contributed by atoms with E-state index < -0.39 is 5.41 Å². The highest BCUT2D eigenvalue weighted by Gasteiger charge is 2.42. The van der Waals surface area contributed by atoms with Gasteiger partial charge in [-0.05, 0) is 37.5 Å². The Kier molecular flexibility index (Phi) is 4.86. The summed E-state index contributed by atoms with van der Waals surface area (Å²) in [5, 5.41) is 13.2. The Morgan fingerprint density at radius 1 is 1.46 bits per heavy atom. The van der Waals surface area contributed by atoms with Gasteiger partial charge >= 0.3 is 0 Å². The maximum atomic E-state index is 12.6. The monoisotopic (exact) mass is 347 g/mol. The molecular weight excluding hydrogens is 326 g/mol. The number of nitrogens with one attached hydrogen (secondary N) is 1. The maximum Gasteiger partial charge on any atom is 0.240 e. The highest BCUT2D eigenvalue weighted by atomic mass is 35.5. The predicted molar refractivity (Wildman–Crippen MR) is 93.3 cm³/mol. The maximum absolute atomic E-state index is 12.6. The molecule has 0 spiro atoms. The molecule has 3 rings (SSSR count). The third-order valence-corrected chi connectivity index (χ3v) is 5.35. The van der Waals surface area contributed by atoms with Gasteiger partial charge in [0.25, 0.3) is 0 Å². The average molecular weight is 348 g/mol. The van der Waals surface area contributed by atoms with E-state index in [1.165, 1.54) is 0 Å². The number of anilines is 1. The van der Waals surface area contributed by atoms with Crippen LogP contribution in [-0.4, -0.2) is 32.1 Å². The number of methoxy groups -OCH3 is 1. The van der Waals surface area contributed by atoms with Gasteiger partial charge in [-0.2, -0.15) is 5.26 Å². The Hall–Kier alpha value is -1.93. The molecule has 6 heteroatoms. The number of rotatable bonds is 4. The third-order valence-electron chi connectivity index (χ3n) is 5.11. The Morgan fingerprint density at radius 2 is 2.21 bits per heavy atom. The van der Waals surface area contributed by atoms with Crippen LogP contribution >= 0.6 is 11.6 Å². The summed E-state index contributed by atoms with van der Waals surface area (Å²) in [6, 6.07) is 7.85. The first-order chi connectivity index (χ1) is 11.6. The number of carbonyl (C=O) groups excluding carboxylic acids is 1. The van der Waals surface area contributed by atoms with Gasteiger partial charge in [-0.25, -0.2) is 0 Å². The Balaban J connectivity index is 1.67. The molecule has 1 heterocycles. The fraction of sp³-hybridized carbons (Fsp3) is 0.556. The van der Waals surface area contributed by atoms with Crippen LogP contribution < -0.4 is 15.0 Å². The van der Waals surface area contributed by atoms with Crippen molar-refractivity contribution >= 4 is 23.2 Å². The predicted octanol–water partition coefficient (Wildman–Crippen LogP) is 3.13. The van der Waals surface area contributed by atoms with Crippen LogP contribution in [0.2, 0.25) is 5.02 Å². The molecule has 1 aliphatic heterocycles. The van der Waals surface area contributed by atoms with Crippen molar-refractivity contribution in [3.05, 3.63) is 23.2 Å². The van der Waals surface area contributed by atoms with Gasteiger partial charge in [-0.1, -0.05) is 24.4 Å². The number of benzene rings is 1. The van der Waals surface area contributed by atoms with E-state index in [9.17, 15) is 10.1 Å². The van der Waals surface area contributed by atoms with Gasteiger partial charge in [0.05, 0.1) is 18.9 Å². The van der Waals surface area contributed by atoms with Crippen LogP contribution in [0.1, 0.15) is 32.1 Å². The molecule has 1 atom stereocenters. The molecule has 0 radical (unpaired) electrons. The van der Waals surface area contributed by atoms with Crippen molar-refractivity contribution in [1.82, 2.24) is 5.32 Å². The molecule has 2 fully saturated rings. The van der Waals surface area contributed by atoms with Crippen molar-refractivity contribution in [2.45, 2.75) is 38.1 Å². The van der Waals surface area contributed by atoms with Gasteiger partial charge in [0, 0.05) is 24.2 Å². The molecule has 0 bridgehead atoms. The quantitative estimate of drug-likeness (QED) is 0.908. The zero-order chi connectivity index (χ0) is 17.2. The van der Waals surface area contributed by atoms with Crippen LogP contribution in [0.25, 0.3) is 0 Å². The van der Waals surface area contributed by atoms with Crippen molar-refractivity contribution in [1.29, 1.82) is 5.26 Å². The molecule has 24 heavy (non-hydrogen) atoms. The minimum absolute atomic E-state index is 0.0482. The van der Waals surface area contributed by atoms with Crippen LogP contribution in [0.3, 0.4) is 0 Å². The molecule has 1 amide bonds. The number of ether oxygens (including phenoxy) is 1. The minimum atomic E-state index is -0.818. The molecule has 2 aliphatic rings. The highest BCUT2D eigenvalue weighted by molar-refractivity contribution is 6.30. The molecule has 1 saturated carbocycles. The second-order valence-electron chi connectivity index (χ2n) is 6.62. The third kappa shape index (κ3) is 3.16. The molecule has 0 unspecified atom stereocenters. The van der Waals surface area contributed by atoms with Crippen LogP contribution in [0, 0.1) is 16.7 Å². The van der Waals surface area contributed by atoms with Gasteiger partial charge in [0.15, 0.2) is 0 Å². The van der Waals surface area contributed by atoms with E-state index in [1.807, 2.05) is 12.1 Å². The highest BCUT2D eigenvalue weighted by Crippen LogP contribution is 2.38. The smallest absolute Gasteiger partial charge is 0.240 e. The lowest BCUT2D eigenvalue weighted by molar-refractivity contribution is -0.128. The Bertz CT molecular complexity index is 665. The Labute approximate surface area is 147 Å². The summed E-state index contributed by atoms with van der Waals surface area (Å²) in [6.45, 7) is 1.52. The zero-order valence-corrected chi connectivity index (χ0v) is 14.6. The summed E-state index contributed by atoms with van der Waals surface area (Å²) in [5.74, 6) is 0.670. The van der Waals surface area contributed by atoms with Crippen molar-refractivity contribution in [3.8, 4) is 11.8 Å². The zero-order valence-electron chi connectivity index (χ0n) is 13.8. The summed E-state index contributed by atoms with van der Waals surface area (Å²) in [7, 11) is 1.64. The summed E-state index contributed by atoms with van der Waals surface area (Å²) >= 11 is 6.11. The van der Waals surface area contributed by atoms with Gasteiger partial charge in [-0.3, -0.25) is 4.79 Å². The second-order valence-corrected chi connectivity index (χ2v) is 7.06. The number of hydrogen-bond acceptors (Lipinski definition) is 4. The first-order valence-corrected chi connectivity index (χ1v) is 8.76. The fourth-order valence-corrected chi connectivity index (χ4v) is 3.87. The largest absolute Gasteiger partial charge is 0.495 e. The van der Waals surface area contributed by atoms with E-state index >= 15 is 0 Å². The van der Waals surface area contributed by atoms with Gasteiger partial charge in [0.2, 0.25) is 5.91 Å². The number of hydrogen-bond donors (Lipinski definition) is 1. The van der Waals surface area contributed by atoms with Gasteiger partial charge < -0.3 is 15.0 Å². The first kappa shape index (κ1) is 16.9. The molecular formula is C18H22ClN3O2. The Morgan fingerprint density at radius 3 is 2.88 bits per heavy atom. The van der Waals surface area contributed by atoms with Crippen molar-refractivity contribution in [2.75, 3.05) is 25.1 Å². The molecule has 1 N–H and O–H groups in total. The van der Waals surface area contributed by atoms with Crippen LogP contribution in [0.15, 0.2) is 18.2 Å². The van der Waals surface area contributed by atoms with E-state index in [0.29, 0.717) is 24.4 Å². The number of amides is 1. The summed E-state index contributed by atoms with van der Waals surface area (Å²) in [5.41, 5.74) is 0.124. The van der Waals surface area contributed by atoms with Crippen LogP contribution in [0.5, 0.6) is 5.75 Å². The lowest BCUT2D eigenvalue weighted by Gasteiger charge is -2.24. The molecule has 128 valence electrons. The minimum Gasteiger partial charge on any atom is -0.495 e. The summed E-state index contributed by atoms with van der Waals surface area (Å²) in [6.07, 6.45) is 4.11. The van der Waals surface area contributed by atoms with E-state index in [1.54, 1.807) is 13.2 Å². The lowest BCUT2D eigenvalue weighted by atomic mass is 9.87. The SMILES string of the molecule is COc1ccc(Cl)cc1N1CC[C@H](NC(=O)C2(C#N)CCCC2)C1. The second kappa shape index (κ2) is 6.90. The van der Waals surface area contributed by atoms with Crippen LogP contribution in [0.4, 0.5) is 5.69 Å².